The summed E-state index contributed by atoms with van der Waals surface area (Å²) in [5.74, 6) is -0.296. The molecule has 0 bridgehead atoms. The van der Waals surface area contributed by atoms with E-state index in [4.69, 9.17) is 0 Å². The first-order chi connectivity index (χ1) is 8.65. The maximum atomic E-state index is 10.1. The predicted molar refractivity (Wildman–Crippen MR) is 68.9 cm³/mol. The Bertz CT molecular complexity index is 579. The predicted octanol–water partition coefficient (Wildman–Crippen LogP) is 1.97. The summed E-state index contributed by atoms with van der Waals surface area (Å²) in [6, 6.07) is 12.3. The van der Waals surface area contributed by atoms with E-state index in [0.717, 1.165) is 11.2 Å². The molecule has 92 valence electrons. The van der Waals surface area contributed by atoms with Gasteiger partial charge in [-0.1, -0.05) is 24.3 Å². The van der Waals surface area contributed by atoms with Gasteiger partial charge in [0.2, 0.25) is 11.8 Å². The molecule has 1 N–H and O–H groups in total. The van der Waals surface area contributed by atoms with E-state index in [1.165, 1.54) is 5.39 Å². The SMILES string of the molecule is Cc1ccc2ccccc2n1.O=C1CCC(=O)N1. The lowest BCUT2D eigenvalue weighted by molar-refractivity contribution is -0.124. The fraction of sp³-hybridized carbons (Fsp3) is 0.214. The lowest BCUT2D eigenvalue weighted by Gasteiger charge is -1.95. The third kappa shape index (κ3) is 3.13. The molecule has 2 aromatic rings. The summed E-state index contributed by atoms with van der Waals surface area (Å²) in [5, 5.41) is 3.35. The second-order valence-electron chi connectivity index (χ2n) is 4.12. The normalized spacial score (nSPS) is 14.1. The molecule has 0 unspecified atom stereocenters. The average molecular weight is 242 g/mol. The Morgan fingerprint density at radius 2 is 1.67 bits per heavy atom. The van der Waals surface area contributed by atoms with Gasteiger partial charge in [-0.3, -0.25) is 19.9 Å². The smallest absolute Gasteiger partial charge is 0.227 e. The van der Waals surface area contributed by atoms with Crippen molar-refractivity contribution in [1.29, 1.82) is 0 Å². The Morgan fingerprint density at radius 1 is 1.00 bits per heavy atom. The highest BCUT2D eigenvalue weighted by molar-refractivity contribution is 6.01. The van der Waals surface area contributed by atoms with Gasteiger partial charge in [-0.2, -0.15) is 0 Å². The Balaban J connectivity index is 0.000000149. The van der Waals surface area contributed by atoms with Crippen molar-refractivity contribution in [3.05, 3.63) is 42.1 Å². The molecule has 0 spiro atoms. The van der Waals surface area contributed by atoms with Gasteiger partial charge in [-0.05, 0) is 19.1 Å². The van der Waals surface area contributed by atoms with Crippen LogP contribution >= 0.6 is 0 Å². The lowest BCUT2D eigenvalue weighted by Crippen LogP contribution is -2.18. The topological polar surface area (TPSA) is 59.1 Å². The van der Waals surface area contributed by atoms with Crippen LogP contribution in [0.4, 0.5) is 0 Å². The van der Waals surface area contributed by atoms with Crippen LogP contribution < -0.4 is 5.32 Å². The van der Waals surface area contributed by atoms with E-state index < -0.39 is 0 Å². The molecule has 2 amide bonds. The maximum Gasteiger partial charge on any atom is 0.227 e. The number of carbonyl (C=O) groups is 2. The van der Waals surface area contributed by atoms with Crippen molar-refractivity contribution in [2.24, 2.45) is 0 Å². The molecule has 1 saturated heterocycles. The van der Waals surface area contributed by atoms with Crippen molar-refractivity contribution < 1.29 is 9.59 Å². The minimum Gasteiger partial charge on any atom is -0.296 e. The molecule has 1 aliphatic rings. The van der Waals surface area contributed by atoms with Crippen LogP contribution in [0.3, 0.4) is 0 Å². The highest BCUT2D eigenvalue weighted by atomic mass is 16.2. The molecular formula is C14H14N2O2. The monoisotopic (exact) mass is 242 g/mol. The van der Waals surface area contributed by atoms with Gasteiger partial charge in [0.15, 0.2) is 0 Å². The van der Waals surface area contributed by atoms with Crippen molar-refractivity contribution >= 4 is 22.7 Å². The van der Waals surface area contributed by atoms with E-state index in [1.54, 1.807) is 0 Å². The van der Waals surface area contributed by atoms with Crippen molar-refractivity contribution in [2.75, 3.05) is 0 Å². The van der Waals surface area contributed by atoms with Crippen LogP contribution in [-0.4, -0.2) is 16.8 Å². The molecule has 1 aromatic carbocycles. The zero-order chi connectivity index (χ0) is 13.0. The number of aryl methyl sites for hydroxylation is 1. The summed E-state index contributed by atoms with van der Waals surface area (Å²) in [7, 11) is 0. The molecule has 18 heavy (non-hydrogen) atoms. The minimum atomic E-state index is -0.148. The number of para-hydroxylation sites is 1. The van der Waals surface area contributed by atoms with Gasteiger partial charge in [0.05, 0.1) is 5.52 Å². The van der Waals surface area contributed by atoms with Crippen molar-refractivity contribution in [3.63, 3.8) is 0 Å². The van der Waals surface area contributed by atoms with Gasteiger partial charge in [0.1, 0.15) is 0 Å². The number of carbonyl (C=O) groups excluding carboxylic acids is 2. The molecule has 2 heterocycles. The number of fused-ring (bicyclic) bond motifs is 1. The molecule has 0 atom stereocenters. The summed E-state index contributed by atoms with van der Waals surface area (Å²) < 4.78 is 0. The van der Waals surface area contributed by atoms with E-state index in [0.29, 0.717) is 12.8 Å². The first-order valence-electron chi connectivity index (χ1n) is 5.80. The lowest BCUT2D eigenvalue weighted by atomic mass is 10.2. The quantitative estimate of drug-likeness (QED) is 0.718. The highest BCUT2D eigenvalue weighted by Crippen LogP contribution is 2.10. The van der Waals surface area contributed by atoms with Crippen LogP contribution in [0.25, 0.3) is 10.9 Å². The summed E-state index contributed by atoms with van der Waals surface area (Å²) >= 11 is 0. The van der Waals surface area contributed by atoms with Crippen LogP contribution in [0.5, 0.6) is 0 Å². The summed E-state index contributed by atoms with van der Waals surface area (Å²) in [6.07, 6.45) is 0.748. The van der Waals surface area contributed by atoms with E-state index in [9.17, 15) is 9.59 Å². The third-order valence-electron chi connectivity index (χ3n) is 2.60. The Morgan fingerprint density at radius 3 is 2.28 bits per heavy atom. The maximum absolute atomic E-state index is 10.1. The molecule has 1 aliphatic heterocycles. The average Bonchev–Trinajstić information content (AvgIpc) is 2.74. The van der Waals surface area contributed by atoms with E-state index in [2.05, 4.69) is 22.4 Å². The number of imide groups is 1. The fourth-order valence-corrected chi connectivity index (χ4v) is 1.68. The fourth-order valence-electron chi connectivity index (χ4n) is 1.68. The van der Waals surface area contributed by atoms with Crippen molar-refractivity contribution in [3.8, 4) is 0 Å². The van der Waals surface area contributed by atoms with Crippen LogP contribution in [0, 0.1) is 6.92 Å². The molecule has 1 fully saturated rings. The van der Waals surface area contributed by atoms with Gasteiger partial charge >= 0.3 is 0 Å². The first kappa shape index (κ1) is 12.2. The number of nitrogens with one attached hydrogen (secondary N) is 1. The molecule has 3 rings (SSSR count). The number of pyridine rings is 1. The van der Waals surface area contributed by atoms with Gasteiger partial charge in [0.25, 0.3) is 0 Å². The van der Waals surface area contributed by atoms with Gasteiger partial charge in [0, 0.05) is 23.9 Å². The zero-order valence-corrected chi connectivity index (χ0v) is 10.1. The highest BCUT2D eigenvalue weighted by Gasteiger charge is 2.15. The second-order valence-corrected chi connectivity index (χ2v) is 4.12. The Hall–Kier alpha value is -2.23. The molecule has 0 saturated carbocycles. The molecule has 0 radical (unpaired) electrons. The van der Waals surface area contributed by atoms with E-state index >= 15 is 0 Å². The van der Waals surface area contributed by atoms with Gasteiger partial charge in [-0.15, -0.1) is 0 Å². The van der Waals surface area contributed by atoms with Gasteiger partial charge in [-0.25, -0.2) is 0 Å². The minimum absolute atomic E-state index is 0.148. The molecule has 4 heteroatoms. The van der Waals surface area contributed by atoms with Crippen LogP contribution in [0.15, 0.2) is 36.4 Å². The van der Waals surface area contributed by atoms with E-state index in [1.807, 2.05) is 31.2 Å². The number of benzene rings is 1. The molecule has 0 aliphatic carbocycles. The first-order valence-corrected chi connectivity index (χ1v) is 5.80. The van der Waals surface area contributed by atoms with Crippen LogP contribution in [-0.2, 0) is 9.59 Å². The van der Waals surface area contributed by atoms with Crippen LogP contribution in [0.1, 0.15) is 18.5 Å². The molecule has 4 nitrogen and oxygen atoms in total. The number of amides is 2. The van der Waals surface area contributed by atoms with Crippen LogP contribution in [0.2, 0.25) is 0 Å². The summed E-state index contributed by atoms with van der Waals surface area (Å²) in [4.78, 5) is 24.6. The van der Waals surface area contributed by atoms with Crippen molar-refractivity contribution in [1.82, 2.24) is 10.3 Å². The van der Waals surface area contributed by atoms with Gasteiger partial charge < -0.3 is 0 Å². The second kappa shape index (κ2) is 5.40. The number of aromatic nitrogens is 1. The number of rotatable bonds is 0. The largest absolute Gasteiger partial charge is 0.296 e. The zero-order valence-electron chi connectivity index (χ0n) is 10.1. The Labute approximate surface area is 105 Å². The van der Waals surface area contributed by atoms with E-state index in [-0.39, 0.29) is 11.8 Å². The number of hydrogen-bond donors (Lipinski definition) is 1. The molecule has 1 aromatic heterocycles. The molecular weight excluding hydrogens is 228 g/mol. The number of hydrogen-bond acceptors (Lipinski definition) is 3. The Kier molecular flexibility index (Phi) is 3.67. The summed E-state index contributed by atoms with van der Waals surface area (Å²) in [6.45, 7) is 2.01. The number of nitrogens with zero attached hydrogens (tertiary/aromatic N) is 1. The third-order valence-corrected chi connectivity index (χ3v) is 2.60. The standard InChI is InChI=1S/C10H9N.C4H5NO2/c1-8-6-7-9-4-2-3-5-10(9)11-8;6-3-1-2-4(7)5-3/h2-7H,1H3;1-2H2,(H,5,6,7). The van der Waals surface area contributed by atoms with Crippen molar-refractivity contribution in [2.45, 2.75) is 19.8 Å². The summed E-state index contributed by atoms with van der Waals surface area (Å²) in [5.41, 5.74) is 2.15.